The number of hydrogen-bond acceptors (Lipinski definition) is 2. The second kappa shape index (κ2) is 12.9. The van der Waals surface area contributed by atoms with Gasteiger partial charge in [0.2, 0.25) is 11.8 Å². The normalized spacial score (nSPS) is 11.7. The molecule has 0 bridgehead atoms. The molecule has 0 unspecified atom stereocenters. The van der Waals surface area contributed by atoms with Crippen LogP contribution in [0.25, 0.3) is 0 Å². The Balaban J connectivity index is 1.95. The van der Waals surface area contributed by atoms with Crippen LogP contribution in [0, 0.1) is 20.8 Å². The molecule has 1 N–H and O–H groups in total. The first-order valence-corrected chi connectivity index (χ1v) is 12.6. The number of unbranched alkanes of at least 4 members (excludes halogenated alkanes) is 1. The van der Waals surface area contributed by atoms with Gasteiger partial charge in [-0.2, -0.15) is 0 Å². The van der Waals surface area contributed by atoms with Crippen molar-refractivity contribution in [2.75, 3.05) is 6.54 Å². The van der Waals surface area contributed by atoms with E-state index in [1.165, 1.54) is 11.1 Å². The van der Waals surface area contributed by atoms with Gasteiger partial charge < -0.3 is 10.2 Å². The second-order valence-electron chi connectivity index (χ2n) is 9.46. The van der Waals surface area contributed by atoms with Crippen molar-refractivity contribution in [3.63, 3.8) is 0 Å². The van der Waals surface area contributed by atoms with Gasteiger partial charge in [-0.15, -0.1) is 0 Å². The third kappa shape index (κ3) is 7.81. The highest BCUT2D eigenvalue weighted by Gasteiger charge is 2.30. The molecular formula is C31H38N2O2. The third-order valence-corrected chi connectivity index (χ3v) is 6.46. The van der Waals surface area contributed by atoms with E-state index in [0.717, 1.165) is 35.1 Å². The lowest BCUT2D eigenvalue weighted by atomic mass is 10.00. The summed E-state index contributed by atoms with van der Waals surface area (Å²) in [6.07, 6.45) is 2.66. The fourth-order valence-corrected chi connectivity index (χ4v) is 4.26. The van der Waals surface area contributed by atoms with E-state index in [1.807, 2.05) is 61.5 Å². The lowest BCUT2D eigenvalue weighted by molar-refractivity contribution is -0.140. The van der Waals surface area contributed by atoms with Crippen LogP contribution in [-0.4, -0.2) is 29.3 Å². The van der Waals surface area contributed by atoms with Crippen LogP contribution >= 0.6 is 0 Å². The van der Waals surface area contributed by atoms with E-state index in [0.29, 0.717) is 19.5 Å². The Labute approximate surface area is 210 Å². The number of carbonyl (C=O) groups excluding carboxylic acids is 2. The molecule has 2 amide bonds. The molecule has 35 heavy (non-hydrogen) atoms. The predicted molar refractivity (Wildman–Crippen MR) is 143 cm³/mol. The lowest BCUT2D eigenvalue weighted by Crippen LogP contribution is -2.51. The molecule has 3 aromatic rings. The number of nitrogens with zero attached hydrogens (tertiary/aromatic N) is 1. The molecule has 3 rings (SSSR count). The average Bonchev–Trinajstić information content (AvgIpc) is 2.84. The summed E-state index contributed by atoms with van der Waals surface area (Å²) in [7, 11) is 0. The standard InChI is InChI=1S/C31H38N2O2/c1-5-6-17-32-31(35)29(20-26-12-8-7-9-13-26)33(22-28-14-10-11-23(2)18-28)30(34)21-27-16-15-24(3)25(4)19-27/h7-16,18-19,29H,5-6,17,20-22H2,1-4H3,(H,32,35)/t29-/m0/s1. The summed E-state index contributed by atoms with van der Waals surface area (Å²) in [4.78, 5) is 29.1. The average molecular weight is 471 g/mol. The predicted octanol–water partition coefficient (Wildman–Crippen LogP) is 5.71. The number of rotatable bonds is 11. The summed E-state index contributed by atoms with van der Waals surface area (Å²) in [5.41, 5.74) is 6.54. The molecule has 0 saturated carbocycles. The minimum absolute atomic E-state index is 0.0404. The Bertz CT molecular complexity index is 1120. The van der Waals surface area contributed by atoms with Crippen molar-refractivity contribution in [3.05, 3.63) is 106 Å². The zero-order valence-electron chi connectivity index (χ0n) is 21.5. The molecule has 1 atom stereocenters. The highest BCUT2D eigenvalue weighted by Crippen LogP contribution is 2.18. The SMILES string of the molecule is CCCCNC(=O)[C@H](Cc1ccccc1)N(Cc1cccc(C)c1)C(=O)Cc1ccc(C)c(C)c1. The summed E-state index contributed by atoms with van der Waals surface area (Å²) in [5, 5.41) is 3.08. The molecule has 4 heteroatoms. The first-order valence-electron chi connectivity index (χ1n) is 12.6. The van der Waals surface area contributed by atoms with E-state index in [9.17, 15) is 9.59 Å². The van der Waals surface area contributed by atoms with Crippen LogP contribution in [0.5, 0.6) is 0 Å². The molecule has 0 radical (unpaired) electrons. The molecule has 0 heterocycles. The Kier molecular flexibility index (Phi) is 9.66. The van der Waals surface area contributed by atoms with Gasteiger partial charge in [-0.3, -0.25) is 9.59 Å². The van der Waals surface area contributed by atoms with E-state index in [2.05, 4.69) is 44.3 Å². The van der Waals surface area contributed by atoms with Crippen molar-refractivity contribution in [2.24, 2.45) is 0 Å². The highest BCUT2D eigenvalue weighted by molar-refractivity contribution is 5.88. The molecule has 4 nitrogen and oxygen atoms in total. The molecule has 0 aromatic heterocycles. The molecule has 184 valence electrons. The maximum Gasteiger partial charge on any atom is 0.243 e. The van der Waals surface area contributed by atoms with Gasteiger partial charge >= 0.3 is 0 Å². The van der Waals surface area contributed by atoms with Gasteiger partial charge in [-0.25, -0.2) is 0 Å². The molecular weight excluding hydrogens is 432 g/mol. The third-order valence-electron chi connectivity index (χ3n) is 6.46. The number of carbonyl (C=O) groups is 2. The van der Waals surface area contributed by atoms with Gasteiger partial charge in [-0.05, 0) is 55.0 Å². The minimum atomic E-state index is -0.589. The van der Waals surface area contributed by atoms with Crippen molar-refractivity contribution in [1.29, 1.82) is 0 Å². The maximum absolute atomic E-state index is 13.8. The van der Waals surface area contributed by atoms with Crippen LogP contribution in [0.3, 0.4) is 0 Å². The van der Waals surface area contributed by atoms with Gasteiger partial charge in [-0.1, -0.05) is 91.7 Å². The number of benzene rings is 3. The summed E-state index contributed by atoms with van der Waals surface area (Å²) in [5.74, 6) is -0.135. The van der Waals surface area contributed by atoms with Crippen LogP contribution in [0.4, 0.5) is 0 Å². The van der Waals surface area contributed by atoms with Gasteiger partial charge in [0.1, 0.15) is 6.04 Å². The van der Waals surface area contributed by atoms with E-state index in [4.69, 9.17) is 0 Å². The Hall–Kier alpha value is -3.40. The molecule has 0 saturated heterocycles. The van der Waals surface area contributed by atoms with E-state index >= 15 is 0 Å². The quantitative estimate of drug-likeness (QED) is 0.365. The minimum Gasteiger partial charge on any atom is -0.354 e. The van der Waals surface area contributed by atoms with Crippen molar-refractivity contribution in [1.82, 2.24) is 10.2 Å². The summed E-state index contributed by atoms with van der Waals surface area (Å²) in [6, 6.07) is 23.7. The van der Waals surface area contributed by atoms with Gasteiger partial charge in [0.05, 0.1) is 6.42 Å². The Morgan fingerprint density at radius 2 is 1.57 bits per heavy atom. The second-order valence-corrected chi connectivity index (χ2v) is 9.46. The Morgan fingerprint density at radius 3 is 2.26 bits per heavy atom. The van der Waals surface area contributed by atoms with Crippen molar-refractivity contribution < 1.29 is 9.59 Å². The van der Waals surface area contributed by atoms with Gasteiger partial charge in [0.15, 0.2) is 0 Å². The Morgan fingerprint density at radius 1 is 0.829 bits per heavy atom. The summed E-state index contributed by atoms with van der Waals surface area (Å²) >= 11 is 0. The van der Waals surface area contributed by atoms with Crippen molar-refractivity contribution in [3.8, 4) is 0 Å². The van der Waals surface area contributed by atoms with Crippen LogP contribution < -0.4 is 5.32 Å². The van der Waals surface area contributed by atoms with Gasteiger partial charge in [0, 0.05) is 19.5 Å². The zero-order chi connectivity index (χ0) is 25.2. The monoisotopic (exact) mass is 470 g/mol. The fraction of sp³-hybridized carbons (Fsp3) is 0.355. The smallest absolute Gasteiger partial charge is 0.243 e. The number of amides is 2. The number of nitrogens with one attached hydrogen (secondary N) is 1. The first kappa shape index (κ1) is 26.2. The fourth-order valence-electron chi connectivity index (χ4n) is 4.26. The molecule has 0 fully saturated rings. The number of hydrogen-bond donors (Lipinski definition) is 1. The van der Waals surface area contributed by atoms with Crippen molar-refractivity contribution in [2.45, 2.75) is 66.0 Å². The summed E-state index contributed by atoms with van der Waals surface area (Å²) in [6.45, 7) is 9.29. The highest BCUT2D eigenvalue weighted by atomic mass is 16.2. The van der Waals surface area contributed by atoms with E-state index in [1.54, 1.807) is 4.90 Å². The molecule has 0 aliphatic carbocycles. The van der Waals surface area contributed by atoms with E-state index in [-0.39, 0.29) is 18.2 Å². The first-order chi connectivity index (χ1) is 16.9. The maximum atomic E-state index is 13.8. The molecule has 3 aromatic carbocycles. The molecule has 0 aliphatic heterocycles. The van der Waals surface area contributed by atoms with Crippen LogP contribution in [0.1, 0.15) is 53.1 Å². The molecule has 0 spiro atoms. The lowest BCUT2D eigenvalue weighted by Gasteiger charge is -2.32. The van der Waals surface area contributed by atoms with Crippen LogP contribution in [0.15, 0.2) is 72.8 Å². The van der Waals surface area contributed by atoms with Crippen molar-refractivity contribution >= 4 is 11.8 Å². The number of aryl methyl sites for hydroxylation is 3. The topological polar surface area (TPSA) is 49.4 Å². The van der Waals surface area contributed by atoms with E-state index < -0.39 is 6.04 Å². The largest absolute Gasteiger partial charge is 0.354 e. The van der Waals surface area contributed by atoms with Gasteiger partial charge in [0.25, 0.3) is 0 Å². The zero-order valence-corrected chi connectivity index (χ0v) is 21.5. The summed E-state index contributed by atoms with van der Waals surface area (Å²) < 4.78 is 0. The van der Waals surface area contributed by atoms with Crippen LogP contribution in [0.2, 0.25) is 0 Å². The molecule has 0 aliphatic rings. The van der Waals surface area contributed by atoms with Crippen LogP contribution in [-0.2, 0) is 29.0 Å².